The predicted octanol–water partition coefficient (Wildman–Crippen LogP) is 3.70. The van der Waals surface area contributed by atoms with Crippen LogP contribution in [0.5, 0.6) is 0 Å². The third-order valence-corrected chi connectivity index (χ3v) is 5.74. The van der Waals surface area contributed by atoms with Crippen LogP contribution >= 0.6 is 11.6 Å². The average molecular weight is 431 g/mol. The fourth-order valence-corrected chi connectivity index (χ4v) is 3.91. The Labute approximate surface area is 181 Å². The molecule has 0 aromatic heterocycles. The number of nitrogens with one attached hydrogen (secondary N) is 1. The van der Waals surface area contributed by atoms with Gasteiger partial charge in [-0.3, -0.25) is 4.90 Å². The molecular weight excluding hydrogens is 404 g/mol. The molecule has 1 heterocycles. The van der Waals surface area contributed by atoms with Gasteiger partial charge in [-0.05, 0) is 42.2 Å². The Bertz CT molecular complexity index is 890. The molecule has 1 fully saturated rings. The molecule has 2 aromatic rings. The molecule has 0 bridgehead atoms. The zero-order valence-corrected chi connectivity index (χ0v) is 17.7. The quantitative estimate of drug-likeness (QED) is 0.650. The van der Waals surface area contributed by atoms with Crippen molar-refractivity contribution in [3.8, 4) is 0 Å². The van der Waals surface area contributed by atoms with E-state index in [9.17, 15) is 14.7 Å². The molecule has 2 aromatic carbocycles. The molecule has 1 aliphatic heterocycles. The molecule has 0 unspecified atom stereocenters. The predicted molar refractivity (Wildman–Crippen MR) is 118 cm³/mol. The van der Waals surface area contributed by atoms with Gasteiger partial charge in [-0.25, -0.2) is 9.59 Å². The van der Waals surface area contributed by atoms with Crippen LogP contribution in [0.1, 0.15) is 24.5 Å². The molecule has 3 amide bonds. The number of nitrogens with zero attached hydrogens (tertiary/aromatic N) is 2. The number of rotatable bonds is 6. The summed E-state index contributed by atoms with van der Waals surface area (Å²) in [6.07, 6.45) is 0.358. The molecule has 30 heavy (non-hydrogen) atoms. The summed E-state index contributed by atoms with van der Waals surface area (Å²) >= 11 is 6.16. The highest BCUT2D eigenvalue weighted by molar-refractivity contribution is 6.31. The number of carbonyl (C=O) groups is 2. The number of benzene rings is 2. The van der Waals surface area contributed by atoms with E-state index in [1.807, 2.05) is 37.3 Å². The van der Waals surface area contributed by atoms with Crippen molar-refractivity contribution in [2.75, 3.05) is 18.0 Å². The number of likely N-dealkylation sites (tertiary alicyclic amines) is 1. The Morgan fingerprint density at radius 1 is 1.23 bits per heavy atom. The first-order valence-electron chi connectivity index (χ1n) is 10.0. The summed E-state index contributed by atoms with van der Waals surface area (Å²) in [5, 5.41) is 13.2. The summed E-state index contributed by atoms with van der Waals surface area (Å²) in [5.41, 5.74) is 8.63. The Hall–Kier alpha value is -2.77. The fraction of sp³-hybridized carbons (Fsp3) is 0.364. The van der Waals surface area contributed by atoms with Crippen molar-refractivity contribution in [2.45, 2.75) is 38.4 Å². The number of anilines is 1. The van der Waals surface area contributed by atoms with Crippen LogP contribution in [0.2, 0.25) is 5.02 Å². The van der Waals surface area contributed by atoms with Gasteiger partial charge < -0.3 is 21.1 Å². The van der Waals surface area contributed by atoms with E-state index in [1.54, 1.807) is 23.1 Å². The van der Waals surface area contributed by atoms with Crippen molar-refractivity contribution in [1.82, 2.24) is 10.2 Å². The van der Waals surface area contributed by atoms with Crippen molar-refractivity contribution in [2.24, 2.45) is 5.73 Å². The second-order valence-corrected chi connectivity index (χ2v) is 7.87. The normalized spacial score (nSPS) is 18.3. The van der Waals surface area contributed by atoms with E-state index in [0.717, 1.165) is 17.5 Å². The van der Waals surface area contributed by atoms with Gasteiger partial charge in [0.2, 0.25) is 0 Å². The lowest BCUT2D eigenvalue weighted by atomic mass is 10.1. The Kier molecular flexibility index (Phi) is 7.18. The molecule has 160 valence electrons. The Morgan fingerprint density at radius 3 is 2.57 bits per heavy atom. The molecular formula is C22H27ClN4O3. The van der Waals surface area contributed by atoms with Crippen LogP contribution in [0.4, 0.5) is 15.3 Å². The van der Waals surface area contributed by atoms with E-state index < -0.39 is 6.09 Å². The van der Waals surface area contributed by atoms with Crippen molar-refractivity contribution < 1.29 is 14.7 Å². The lowest BCUT2D eigenvalue weighted by Crippen LogP contribution is -2.48. The van der Waals surface area contributed by atoms with E-state index in [1.165, 1.54) is 4.90 Å². The number of halogens is 1. The van der Waals surface area contributed by atoms with Gasteiger partial charge in [0.15, 0.2) is 0 Å². The number of urea groups is 1. The van der Waals surface area contributed by atoms with Gasteiger partial charge in [-0.15, -0.1) is 0 Å². The van der Waals surface area contributed by atoms with Crippen LogP contribution < -0.4 is 16.0 Å². The van der Waals surface area contributed by atoms with Gasteiger partial charge in [0.1, 0.15) is 0 Å². The van der Waals surface area contributed by atoms with Gasteiger partial charge in [0.25, 0.3) is 0 Å². The number of nitrogens with two attached hydrogens (primary N) is 1. The van der Waals surface area contributed by atoms with Crippen LogP contribution in [0.25, 0.3) is 0 Å². The number of aryl methyl sites for hydroxylation is 1. The standard InChI is InChI=1S/C22H27ClN4O3/c1-2-15-7-9-18(10-8-15)27(22(29)30)14-19-11-17(24)13-26(19)21(28)25-12-16-5-3-4-6-20(16)23/h3-10,17,19H,2,11-14,24H2,1H3,(H,25,28)(H,29,30)/t17-,19+/m1/s1. The zero-order valence-electron chi connectivity index (χ0n) is 16.9. The minimum atomic E-state index is -1.06. The topological polar surface area (TPSA) is 98.9 Å². The van der Waals surface area contributed by atoms with Crippen molar-refractivity contribution >= 4 is 29.4 Å². The largest absolute Gasteiger partial charge is 0.465 e. The highest BCUT2D eigenvalue weighted by atomic mass is 35.5. The van der Waals surface area contributed by atoms with Gasteiger partial charge in [-0.1, -0.05) is 48.9 Å². The molecule has 0 spiro atoms. The molecule has 2 atom stereocenters. The van der Waals surface area contributed by atoms with Crippen LogP contribution in [-0.2, 0) is 13.0 Å². The first-order chi connectivity index (χ1) is 14.4. The molecule has 1 aliphatic rings. The molecule has 8 heteroatoms. The Balaban J connectivity index is 1.69. The van der Waals surface area contributed by atoms with Crippen molar-refractivity contribution in [3.05, 3.63) is 64.7 Å². The maximum absolute atomic E-state index is 12.8. The zero-order chi connectivity index (χ0) is 21.7. The van der Waals surface area contributed by atoms with Gasteiger partial charge in [-0.2, -0.15) is 0 Å². The fourth-order valence-electron chi connectivity index (χ4n) is 3.71. The van der Waals surface area contributed by atoms with Crippen LogP contribution in [-0.4, -0.2) is 47.3 Å². The van der Waals surface area contributed by atoms with Crippen LogP contribution in [0, 0.1) is 0 Å². The van der Waals surface area contributed by atoms with Gasteiger partial charge >= 0.3 is 12.1 Å². The summed E-state index contributed by atoms with van der Waals surface area (Å²) in [6, 6.07) is 13.9. The smallest absolute Gasteiger partial charge is 0.411 e. The Morgan fingerprint density at radius 2 is 1.93 bits per heavy atom. The van der Waals surface area contributed by atoms with Crippen molar-refractivity contribution in [3.63, 3.8) is 0 Å². The molecule has 0 radical (unpaired) electrons. The number of carboxylic acid groups (broad SMARTS) is 1. The van der Waals surface area contributed by atoms with E-state index in [4.69, 9.17) is 17.3 Å². The van der Waals surface area contributed by atoms with E-state index in [2.05, 4.69) is 5.32 Å². The van der Waals surface area contributed by atoms with Crippen LogP contribution in [0.3, 0.4) is 0 Å². The van der Waals surface area contributed by atoms with E-state index >= 15 is 0 Å². The summed E-state index contributed by atoms with van der Waals surface area (Å²) in [5.74, 6) is 0. The number of amides is 3. The minimum Gasteiger partial charge on any atom is -0.465 e. The second-order valence-electron chi connectivity index (χ2n) is 7.47. The van der Waals surface area contributed by atoms with E-state index in [-0.39, 0.29) is 31.2 Å². The molecule has 0 aliphatic carbocycles. The third kappa shape index (κ3) is 5.23. The molecule has 7 nitrogen and oxygen atoms in total. The molecule has 3 rings (SSSR count). The first kappa shape index (κ1) is 21.9. The average Bonchev–Trinajstić information content (AvgIpc) is 3.11. The highest BCUT2D eigenvalue weighted by Gasteiger charge is 2.36. The summed E-state index contributed by atoms with van der Waals surface area (Å²) in [6.45, 7) is 2.87. The molecule has 0 saturated carbocycles. The third-order valence-electron chi connectivity index (χ3n) is 5.38. The highest BCUT2D eigenvalue weighted by Crippen LogP contribution is 2.23. The summed E-state index contributed by atoms with van der Waals surface area (Å²) in [7, 11) is 0. The van der Waals surface area contributed by atoms with Gasteiger partial charge in [0.05, 0.1) is 6.04 Å². The monoisotopic (exact) mass is 430 g/mol. The summed E-state index contributed by atoms with van der Waals surface area (Å²) in [4.78, 5) is 27.6. The molecule has 4 N–H and O–H groups in total. The van der Waals surface area contributed by atoms with E-state index in [0.29, 0.717) is 23.7 Å². The minimum absolute atomic E-state index is 0.161. The maximum Gasteiger partial charge on any atom is 0.411 e. The second kappa shape index (κ2) is 9.82. The summed E-state index contributed by atoms with van der Waals surface area (Å²) < 4.78 is 0. The van der Waals surface area contributed by atoms with Crippen LogP contribution in [0.15, 0.2) is 48.5 Å². The number of hydrogen-bond donors (Lipinski definition) is 3. The SMILES string of the molecule is CCc1ccc(N(C[C@@H]2C[C@@H](N)CN2C(=O)NCc2ccccc2Cl)C(=O)O)cc1. The molecule has 1 saturated heterocycles. The lowest BCUT2D eigenvalue weighted by molar-refractivity contribution is 0.185. The first-order valence-corrected chi connectivity index (χ1v) is 10.4. The maximum atomic E-state index is 12.8. The van der Waals surface area contributed by atoms with Crippen molar-refractivity contribution in [1.29, 1.82) is 0 Å². The lowest BCUT2D eigenvalue weighted by Gasteiger charge is -2.29. The van der Waals surface area contributed by atoms with Gasteiger partial charge in [0, 0.05) is 36.4 Å². The number of hydrogen-bond acceptors (Lipinski definition) is 3. The number of carbonyl (C=O) groups excluding carboxylic acids is 1.